The molecule has 86 valence electrons. The van der Waals surface area contributed by atoms with Crippen LogP contribution in [0.5, 0.6) is 0 Å². The van der Waals surface area contributed by atoms with E-state index in [0.717, 1.165) is 24.1 Å². The van der Waals surface area contributed by atoms with Gasteiger partial charge in [-0.05, 0) is 18.1 Å². The fourth-order valence-electron chi connectivity index (χ4n) is 2.51. The maximum atomic E-state index is 12.2. The van der Waals surface area contributed by atoms with E-state index >= 15 is 0 Å². The van der Waals surface area contributed by atoms with Gasteiger partial charge >= 0.3 is 0 Å². The zero-order chi connectivity index (χ0) is 11.8. The SMILES string of the molecule is Cn1ccc(CC2Cc3ccccc3C2=O)n1. The van der Waals surface area contributed by atoms with Crippen LogP contribution in [0.4, 0.5) is 0 Å². The fraction of sp³-hybridized carbons (Fsp3) is 0.286. The molecule has 1 aliphatic rings. The summed E-state index contributed by atoms with van der Waals surface area (Å²) >= 11 is 0. The van der Waals surface area contributed by atoms with Crippen molar-refractivity contribution in [3.63, 3.8) is 0 Å². The number of hydrogen-bond donors (Lipinski definition) is 0. The molecule has 0 saturated heterocycles. The van der Waals surface area contributed by atoms with Crippen molar-refractivity contribution in [3.05, 3.63) is 53.3 Å². The molecule has 1 aliphatic carbocycles. The Morgan fingerprint density at radius 3 is 2.88 bits per heavy atom. The Kier molecular flexibility index (Phi) is 2.32. The topological polar surface area (TPSA) is 34.9 Å². The average molecular weight is 226 g/mol. The van der Waals surface area contributed by atoms with Gasteiger partial charge in [0.1, 0.15) is 0 Å². The summed E-state index contributed by atoms with van der Waals surface area (Å²) in [6, 6.07) is 9.88. The van der Waals surface area contributed by atoms with E-state index in [-0.39, 0.29) is 11.7 Å². The van der Waals surface area contributed by atoms with E-state index in [4.69, 9.17) is 0 Å². The summed E-state index contributed by atoms with van der Waals surface area (Å²) in [6.45, 7) is 0. The van der Waals surface area contributed by atoms with E-state index in [2.05, 4.69) is 5.10 Å². The lowest BCUT2D eigenvalue weighted by atomic mass is 9.99. The van der Waals surface area contributed by atoms with Crippen LogP contribution in [0.2, 0.25) is 0 Å². The molecule has 1 aromatic carbocycles. The zero-order valence-corrected chi connectivity index (χ0v) is 9.76. The molecule has 17 heavy (non-hydrogen) atoms. The van der Waals surface area contributed by atoms with Crippen LogP contribution >= 0.6 is 0 Å². The third kappa shape index (κ3) is 1.78. The highest BCUT2D eigenvalue weighted by Gasteiger charge is 2.30. The lowest BCUT2D eigenvalue weighted by Gasteiger charge is -2.04. The predicted octanol–water partition coefficient (Wildman–Crippen LogP) is 2.02. The highest BCUT2D eigenvalue weighted by atomic mass is 16.1. The van der Waals surface area contributed by atoms with Crippen molar-refractivity contribution < 1.29 is 4.79 Å². The van der Waals surface area contributed by atoms with Crippen molar-refractivity contribution >= 4 is 5.78 Å². The van der Waals surface area contributed by atoms with Crippen LogP contribution in [0.3, 0.4) is 0 Å². The number of benzene rings is 1. The number of carbonyl (C=O) groups excluding carboxylic acids is 1. The van der Waals surface area contributed by atoms with Gasteiger partial charge in [0.05, 0.1) is 5.69 Å². The van der Waals surface area contributed by atoms with Gasteiger partial charge in [-0.15, -0.1) is 0 Å². The third-order valence-corrected chi connectivity index (χ3v) is 3.34. The monoisotopic (exact) mass is 226 g/mol. The molecule has 1 unspecified atom stereocenters. The second kappa shape index (κ2) is 3.84. The zero-order valence-electron chi connectivity index (χ0n) is 9.76. The highest BCUT2D eigenvalue weighted by Crippen LogP contribution is 2.28. The Balaban J connectivity index is 1.82. The smallest absolute Gasteiger partial charge is 0.166 e. The number of Topliss-reactive ketones (excluding diaryl/α,β-unsaturated/α-hetero) is 1. The molecule has 0 saturated carbocycles. The van der Waals surface area contributed by atoms with E-state index in [1.54, 1.807) is 4.68 Å². The molecule has 0 spiro atoms. The van der Waals surface area contributed by atoms with Crippen LogP contribution in [0, 0.1) is 5.92 Å². The molecule has 0 fully saturated rings. The number of rotatable bonds is 2. The number of carbonyl (C=O) groups is 1. The molecule has 3 heteroatoms. The summed E-state index contributed by atoms with van der Waals surface area (Å²) < 4.78 is 1.78. The summed E-state index contributed by atoms with van der Waals surface area (Å²) in [7, 11) is 1.90. The summed E-state index contributed by atoms with van der Waals surface area (Å²) in [5.41, 5.74) is 3.07. The average Bonchev–Trinajstić information content (AvgIpc) is 2.86. The summed E-state index contributed by atoms with van der Waals surface area (Å²) in [5.74, 6) is 0.341. The number of aromatic nitrogens is 2. The first-order chi connectivity index (χ1) is 8.24. The lowest BCUT2D eigenvalue weighted by molar-refractivity contribution is 0.0935. The summed E-state index contributed by atoms with van der Waals surface area (Å²) in [5, 5.41) is 4.34. The summed E-state index contributed by atoms with van der Waals surface area (Å²) in [4.78, 5) is 12.2. The Labute approximate surface area is 100 Å². The maximum absolute atomic E-state index is 12.2. The van der Waals surface area contributed by atoms with E-state index in [9.17, 15) is 4.79 Å². The Morgan fingerprint density at radius 1 is 1.35 bits per heavy atom. The van der Waals surface area contributed by atoms with E-state index in [0.29, 0.717) is 0 Å². The molecule has 3 rings (SSSR count). The van der Waals surface area contributed by atoms with E-state index < -0.39 is 0 Å². The molecule has 1 atom stereocenters. The number of nitrogens with zero attached hydrogens (tertiary/aromatic N) is 2. The minimum absolute atomic E-state index is 0.0716. The third-order valence-electron chi connectivity index (χ3n) is 3.34. The van der Waals surface area contributed by atoms with Crippen LogP contribution in [-0.2, 0) is 19.9 Å². The molecule has 0 radical (unpaired) electrons. The van der Waals surface area contributed by atoms with Gasteiger partial charge in [-0.1, -0.05) is 24.3 Å². The van der Waals surface area contributed by atoms with Gasteiger partial charge in [-0.2, -0.15) is 5.10 Å². The van der Waals surface area contributed by atoms with Gasteiger partial charge in [0, 0.05) is 31.1 Å². The van der Waals surface area contributed by atoms with Crippen molar-refractivity contribution in [2.24, 2.45) is 13.0 Å². The molecule has 2 aromatic rings. The van der Waals surface area contributed by atoms with Crippen molar-refractivity contribution in [3.8, 4) is 0 Å². The molecular weight excluding hydrogens is 212 g/mol. The van der Waals surface area contributed by atoms with Crippen molar-refractivity contribution in [2.45, 2.75) is 12.8 Å². The van der Waals surface area contributed by atoms with Gasteiger partial charge in [0.15, 0.2) is 5.78 Å². The second-order valence-electron chi connectivity index (χ2n) is 4.61. The number of ketones is 1. The van der Waals surface area contributed by atoms with Crippen LogP contribution in [0.1, 0.15) is 21.6 Å². The number of hydrogen-bond acceptors (Lipinski definition) is 2. The Morgan fingerprint density at radius 2 is 2.18 bits per heavy atom. The first-order valence-corrected chi connectivity index (χ1v) is 5.84. The van der Waals surface area contributed by atoms with Crippen molar-refractivity contribution in [2.75, 3.05) is 0 Å². The number of fused-ring (bicyclic) bond motifs is 1. The predicted molar refractivity (Wildman–Crippen MR) is 64.9 cm³/mol. The molecule has 0 amide bonds. The van der Waals surface area contributed by atoms with Gasteiger partial charge in [-0.25, -0.2) is 0 Å². The standard InChI is InChI=1S/C14H14N2O/c1-16-7-6-12(15-16)9-11-8-10-4-2-3-5-13(10)14(11)17/h2-7,11H,8-9H2,1H3. The number of aryl methyl sites for hydroxylation is 1. The van der Waals surface area contributed by atoms with Gasteiger partial charge in [0.25, 0.3) is 0 Å². The first-order valence-electron chi connectivity index (χ1n) is 5.84. The quantitative estimate of drug-likeness (QED) is 0.785. The Hall–Kier alpha value is -1.90. The van der Waals surface area contributed by atoms with Gasteiger partial charge in [0.2, 0.25) is 0 Å². The largest absolute Gasteiger partial charge is 0.294 e. The molecule has 1 heterocycles. The fourth-order valence-corrected chi connectivity index (χ4v) is 2.51. The molecule has 3 nitrogen and oxygen atoms in total. The van der Waals surface area contributed by atoms with Crippen LogP contribution in [0.15, 0.2) is 36.5 Å². The molecule has 1 aromatic heterocycles. The van der Waals surface area contributed by atoms with Crippen molar-refractivity contribution in [1.82, 2.24) is 9.78 Å². The maximum Gasteiger partial charge on any atom is 0.166 e. The normalized spacial score (nSPS) is 18.4. The molecule has 0 N–H and O–H groups in total. The molecular formula is C14H14N2O. The van der Waals surface area contributed by atoms with Crippen molar-refractivity contribution in [1.29, 1.82) is 0 Å². The molecule has 0 aliphatic heterocycles. The summed E-state index contributed by atoms with van der Waals surface area (Å²) in [6.07, 6.45) is 3.52. The molecule has 0 bridgehead atoms. The highest BCUT2D eigenvalue weighted by molar-refractivity contribution is 6.02. The van der Waals surface area contributed by atoms with Gasteiger partial charge < -0.3 is 0 Å². The Bertz CT molecular complexity index is 571. The second-order valence-corrected chi connectivity index (χ2v) is 4.61. The minimum Gasteiger partial charge on any atom is -0.294 e. The van der Waals surface area contributed by atoms with Crippen LogP contribution in [-0.4, -0.2) is 15.6 Å². The van der Waals surface area contributed by atoms with E-state index in [1.165, 1.54) is 5.56 Å². The first kappa shape index (κ1) is 10.3. The minimum atomic E-state index is 0.0716. The van der Waals surface area contributed by atoms with Gasteiger partial charge in [-0.3, -0.25) is 9.48 Å². The van der Waals surface area contributed by atoms with Crippen LogP contribution < -0.4 is 0 Å². The van der Waals surface area contributed by atoms with E-state index in [1.807, 2.05) is 43.6 Å². The lowest BCUT2D eigenvalue weighted by Crippen LogP contribution is -2.12. The van der Waals surface area contributed by atoms with Crippen LogP contribution in [0.25, 0.3) is 0 Å².